The van der Waals surface area contributed by atoms with Crippen molar-refractivity contribution in [1.29, 1.82) is 0 Å². The van der Waals surface area contributed by atoms with E-state index in [2.05, 4.69) is 0 Å². The van der Waals surface area contributed by atoms with Crippen LogP contribution in [0.4, 0.5) is 4.79 Å². The van der Waals surface area contributed by atoms with Gasteiger partial charge in [0.05, 0.1) is 11.3 Å². The highest BCUT2D eigenvalue weighted by Gasteiger charge is 2.42. The fraction of sp³-hybridized carbons (Fsp3) is 0.500. The molecule has 1 aliphatic heterocycles. The van der Waals surface area contributed by atoms with Gasteiger partial charge in [0.25, 0.3) is 0 Å². The van der Waals surface area contributed by atoms with E-state index in [0.29, 0.717) is 13.0 Å². The maximum absolute atomic E-state index is 12.0. The lowest BCUT2D eigenvalue weighted by atomic mass is 10.0. The van der Waals surface area contributed by atoms with Crippen molar-refractivity contribution in [3.8, 4) is 0 Å². The van der Waals surface area contributed by atoms with Crippen LogP contribution in [-0.4, -0.2) is 50.0 Å². The molecule has 1 aliphatic rings. The molecule has 2 unspecified atom stereocenters. The SMILES string of the molecule is CS(=O)(=O)C(CN)C1CCN1C(=O)OCc1ccccc1. The highest BCUT2D eigenvalue weighted by molar-refractivity contribution is 7.91. The van der Waals surface area contributed by atoms with Gasteiger partial charge >= 0.3 is 6.09 Å². The molecule has 1 fully saturated rings. The number of rotatable bonds is 5. The fourth-order valence-corrected chi connectivity index (χ4v) is 3.64. The van der Waals surface area contributed by atoms with Gasteiger partial charge in [-0.05, 0) is 12.0 Å². The molecule has 2 atom stereocenters. The summed E-state index contributed by atoms with van der Waals surface area (Å²) in [7, 11) is -3.28. The minimum atomic E-state index is -3.28. The van der Waals surface area contributed by atoms with Crippen molar-refractivity contribution in [1.82, 2.24) is 4.90 Å². The van der Waals surface area contributed by atoms with Crippen LogP contribution in [0.25, 0.3) is 0 Å². The van der Waals surface area contributed by atoms with Gasteiger partial charge < -0.3 is 15.4 Å². The zero-order valence-electron chi connectivity index (χ0n) is 11.9. The Hall–Kier alpha value is -1.60. The van der Waals surface area contributed by atoms with E-state index in [-0.39, 0.29) is 19.2 Å². The van der Waals surface area contributed by atoms with Crippen LogP contribution in [0, 0.1) is 0 Å². The van der Waals surface area contributed by atoms with Gasteiger partial charge in [0, 0.05) is 19.3 Å². The van der Waals surface area contributed by atoms with Gasteiger partial charge in [-0.25, -0.2) is 13.2 Å². The number of carbonyl (C=O) groups excluding carboxylic acids is 1. The summed E-state index contributed by atoms with van der Waals surface area (Å²) in [6.07, 6.45) is 1.29. The summed E-state index contributed by atoms with van der Waals surface area (Å²) < 4.78 is 28.6. The molecule has 0 bridgehead atoms. The summed E-state index contributed by atoms with van der Waals surface area (Å²) >= 11 is 0. The molecule has 1 aromatic carbocycles. The molecule has 7 heteroatoms. The number of hydrogen-bond acceptors (Lipinski definition) is 5. The van der Waals surface area contributed by atoms with Crippen LogP contribution in [0.2, 0.25) is 0 Å². The lowest BCUT2D eigenvalue weighted by molar-refractivity contribution is 0.0429. The molecule has 2 rings (SSSR count). The smallest absolute Gasteiger partial charge is 0.410 e. The summed E-state index contributed by atoms with van der Waals surface area (Å²) in [4.78, 5) is 13.5. The quantitative estimate of drug-likeness (QED) is 0.867. The van der Waals surface area contributed by atoms with Gasteiger partial charge in [0.15, 0.2) is 9.84 Å². The number of amides is 1. The first-order valence-corrected chi connectivity index (χ1v) is 8.75. The summed E-state index contributed by atoms with van der Waals surface area (Å²) in [5, 5.41) is -0.726. The standard InChI is InChI=1S/C14H20N2O4S/c1-21(18,19)13(9-15)12-7-8-16(12)14(17)20-10-11-5-3-2-4-6-11/h2-6,12-13H,7-10,15H2,1H3. The molecule has 0 aliphatic carbocycles. The van der Waals surface area contributed by atoms with Gasteiger partial charge in [-0.2, -0.15) is 0 Å². The van der Waals surface area contributed by atoms with Crippen molar-refractivity contribution in [2.75, 3.05) is 19.3 Å². The normalized spacial score (nSPS) is 19.7. The van der Waals surface area contributed by atoms with Crippen LogP contribution in [-0.2, 0) is 21.2 Å². The average molecular weight is 312 g/mol. The maximum atomic E-state index is 12.0. The van der Waals surface area contributed by atoms with E-state index in [1.165, 1.54) is 4.90 Å². The third-order valence-corrected chi connectivity index (χ3v) is 5.32. The van der Waals surface area contributed by atoms with Crippen molar-refractivity contribution in [2.45, 2.75) is 24.3 Å². The molecular formula is C14H20N2O4S. The molecule has 1 saturated heterocycles. The number of hydrogen-bond donors (Lipinski definition) is 1. The van der Waals surface area contributed by atoms with E-state index in [1.807, 2.05) is 30.3 Å². The molecule has 0 saturated carbocycles. The van der Waals surface area contributed by atoms with Crippen molar-refractivity contribution < 1.29 is 17.9 Å². The first-order chi connectivity index (χ1) is 9.93. The molecule has 1 amide bonds. The Kier molecular flexibility index (Phi) is 4.84. The van der Waals surface area contributed by atoms with Crippen LogP contribution >= 0.6 is 0 Å². The molecule has 116 valence electrons. The second kappa shape index (κ2) is 6.44. The van der Waals surface area contributed by atoms with E-state index in [4.69, 9.17) is 10.5 Å². The van der Waals surface area contributed by atoms with Crippen molar-refractivity contribution in [3.05, 3.63) is 35.9 Å². The topological polar surface area (TPSA) is 89.7 Å². The first kappa shape index (κ1) is 15.8. The molecular weight excluding hydrogens is 292 g/mol. The van der Waals surface area contributed by atoms with E-state index in [9.17, 15) is 13.2 Å². The third-order valence-electron chi connectivity index (χ3n) is 3.72. The van der Waals surface area contributed by atoms with Crippen LogP contribution in [0.1, 0.15) is 12.0 Å². The Balaban J connectivity index is 1.94. The highest BCUT2D eigenvalue weighted by atomic mass is 32.2. The second-order valence-corrected chi connectivity index (χ2v) is 7.46. The zero-order chi connectivity index (χ0) is 15.5. The molecule has 0 radical (unpaired) electrons. The van der Waals surface area contributed by atoms with Crippen LogP contribution in [0.15, 0.2) is 30.3 Å². The lowest BCUT2D eigenvalue weighted by Crippen LogP contribution is -2.60. The van der Waals surface area contributed by atoms with Gasteiger partial charge in [-0.15, -0.1) is 0 Å². The first-order valence-electron chi connectivity index (χ1n) is 6.79. The minimum Gasteiger partial charge on any atom is -0.445 e. The number of sulfone groups is 1. The molecule has 0 spiro atoms. The Morgan fingerprint density at radius 1 is 1.43 bits per heavy atom. The van der Waals surface area contributed by atoms with Crippen molar-refractivity contribution in [2.24, 2.45) is 5.73 Å². The minimum absolute atomic E-state index is 0.00592. The summed E-state index contributed by atoms with van der Waals surface area (Å²) in [5.41, 5.74) is 6.43. The second-order valence-electron chi connectivity index (χ2n) is 5.19. The summed E-state index contributed by atoms with van der Waals surface area (Å²) in [5.74, 6) is 0. The Labute approximate surface area is 124 Å². The largest absolute Gasteiger partial charge is 0.445 e. The molecule has 6 nitrogen and oxygen atoms in total. The monoisotopic (exact) mass is 312 g/mol. The van der Waals surface area contributed by atoms with E-state index >= 15 is 0 Å². The number of benzene rings is 1. The highest BCUT2D eigenvalue weighted by Crippen LogP contribution is 2.25. The van der Waals surface area contributed by atoms with Crippen LogP contribution < -0.4 is 5.73 Å². The Bertz CT molecular complexity index is 588. The molecule has 21 heavy (non-hydrogen) atoms. The summed E-state index contributed by atoms with van der Waals surface area (Å²) in [6, 6.07) is 8.95. The Morgan fingerprint density at radius 3 is 2.57 bits per heavy atom. The summed E-state index contributed by atoms with van der Waals surface area (Å²) in [6.45, 7) is 0.686. The number of carbonyl (C=O) groups is 1. The van der Waals surface area contributed by atoms with Gasteiger partial charge in [-0.1, -0.05) is 30.3 Å². The lowest BCUT2D eigenvalue weighted by Gasteiger charge is -2.43. The van der Waals surface area contributed by atoms with Crippen LogP contribution in [0.5, 0.6) is 0 Å². The predicted octanol–water partition coefficient (Wildman–Crippen LogP) is 0.769. The number of nitrogens with two attached hydrogens (primary N) is 1. The van der Waals surface area contributed by atoms with E-state index in [0.717, 1.165) is 11.8 Å². The van der Waals surface area contributed by atoms with E-state index < -0.39 is 21.2 Å². The number of nitrogens with zero attached hydrogens (tertiary/aromatic N) is 1. The molecule has 1 heterocycles. The molecule has 2 N–H and O–H groups in total. The van der Waals surface area contributed by atoms with Gasteiger partial charge in [-0.3, -0.25) is 0 Å². The zero-order valence-corrected chi connectivity index (χ0v) is 12.8. The van der Waals surface area contributed by atoms with Gasteiger partial charge in [0.2, 0.25) is 0 Å². The number of ether oxygens (including phenoxy) is 1. The number of likely N-dealkylation sites (tertiary alicyclic amines) is 1. The van der Waals surface area contributed by atoms with Crippen LogP contribution in [0.3, 0.4) is 0 Å². The third kappa shape index (κ3) is 3.74. The molecule has 1 aromatic rings. The predicted molar refractivity (Wildman–Crippen MR) is 79.4 cm³/mol. The maximum Gasteiger partial charge on any atom is 0.410 e. The van der Waals surface area contributed by atoms with Gasteiger partial charge in [0.1, 0.15) is 6.61 Å². The molecule has 0 aromatic heterocycles. The van der Waals surface area contributed by atoms with E-state index in [1.54, 1.807) is 0 Å². The van der Waals surface area contributed by atoms with Crippen molar-refractivity contribution in [3.63, 3.8) is 0 Å². The average Bonchev–Trinajstić information content (AvgIpc) is 2.41. The Morgan fingerprint density at radius 2 is 2.10 bits per heavy atom. The van der Waals surface area contributed by atoms with Crippen molar-refractivity contribution >= 4 is 15.9 Å². The fourth-order valence-electron chi connectivity index (χ4n) is 2.44.